The van der Waals surface area contributed by atoms with Crippen molar-refractivity contribution in [1.82, 2.24) is 19.7 Å². The van der Waals surface area contributed by atoms with E-state index in [9.17, 15) is 4.39 Å². The van der Waals surface area contributed by atoms with Crippen molar-refractivity contribution in [3.63, 3.8) is 0 Å². The van der Waals surface area contributed by atoms with E-state index in [1.807, 2.05) is 34.9 Å². The van der Waals surface area contributed by atoms with Crippen molar-refractivity contribution in [3.05, 3.63) is 96.3 Å². The number of furan rings is 1. The number of benzene rings is 2. The van der Waals surface area contributed by atoms with Crippen molar-refractivity contribution >= 4 is 11.8 Å². The predicted molar refractivity (Wildman–Crippen MR) is 115 cm³/mol. The van der Waals surface area contributed by atoms with E-state index in [-0.39, 0.29) is 5.82 Å². The van der Waals surface area contributed by atoms with Crippen LogP contribution in [0.5, 0.6) is 0 Å². The summed E-state index contributed by atoms with van der Waals surface area (Å²) in [4.78, 5) is 4.51. The fourth-order valence-electron chi connectivity index (χ4n) is 3.13. The number of oxazole rings is 1. The van der Waals surface area contributed by atoms with Crippen molar-refractivity contribution < 1.29 is 13.2 Å². The summed E-state index contributed by atoms with van der Waals surface area (Å²) < 4.78 is 26.3. The molecule has 0 radical (unpaired) electrons. The lowest BCUT2D eigenvalue weighted by Crippen LogP contribution is -2.04. The largest absolute Gasteiger partial charge is 0.461 e. The standard InChI is InChI=1S/C23H17FN4O2S/c24-18-10-8-17(9-11-18)22-25-19(14-30-22)15-31-23-27-26-21(20-7-4-12-29-20)28(23)13-16-5-2-1-3-6-16/h1-12,14H,13,15H2. The molecular weight excluding hydrogens is 415 g/mol. The molecule has 0 aliphatic carbocycles. The zero-order chi connectivity index (χ0) is 21.0. The first-order chi connectivity index (χ1) is 15.3. The van der Waals surface area contributed by atoms with Crippen molar-refractivity contribution in [2.24, 2.45) is 0 Å². The zero-order valence-electron chi connectivity index (χ0n) is 16.3. The highest BCUT2D eigenvalue weighted by molar-refractivity contribution is 7.98. The number of thioether (sulfide) groups is 1. The van der Waals surface area contributed by atoms with Crippen molar-refractivity contribution in [1.29, 1.82) is 0 Å². The van der Waals surface area contributed by atoms with Crippen LogP contribution in [-0.4, -0.2) is 19.7 Å². The number of hydrogen-bond donors (Lipinski definition) is 0. The summed E-state index contributed by atoms with van der Waals surface area (Å²) in [6.07, 6.45) is 3.23. The van der Waals surface area contributed by atoms with E-state index in [1.165, 1.54) is 23.9 Å². The molecule has 154 valence electrons. The Morgan fingerprint density at radius 3 is 2.52 bits per heavy atom. The first-order valence-electron chi connectivity index (χ1n) is 9.60. The van der Waals surface area contributed by atoms with Gasteiger partial charge >= 0.3 is 0 Å². The summed E-state index contributed by atoms with van der Waals surface area (Å²) in [6, 6.07) is 19.9. The lowest BCUT2D eigenvalue weighted by Gasteiger charge is -2.09. The maximum atomic E-state index is 13.1. The van der Waals surface area contributed by atoms with Gasteiger partial charge in [-0.15, -0.1) is 10.2 Å². The highest BCUT2D eigenvalue weighted by Gasteiger charge is 2.17. The van der Waals surface area contributed by atoms with Gasteiger partial charge in [-0.2, -0.15) is 0 Å². The van der Waals surface area contributed by atoms with Gasteiger partial charge in [-0.1, -0.05) is 42.1 Å². The van der Waals surface area contributed by atoms with Gasteiger partial charge in [0.05, 0.1) is 18.5 Å². The van der Waals surface area contributed by atoms with Gasteiger partial charge in [0.25, 0.3) is 0 Å². The van der Waals surface area contributed by atoms with Crippen LogP contribution < -0.4 is 0 Å². The van der Waals surface area contributed by atoms with Crippen molar-refractivity contribution in [2.75, 3.05) is 0 Å². The molecule has 0 saturated heterocycles. The van der Waals surface area contributed by atoms with Crippen LogP contribution in [0.2, 0.25) is 0 Å². The molecule has 0 aliphatic rings. The highest BCUT2D eigenvalue weighted by Crippen LogP contribution is 2.28. The minimum Gasteiger partial charge on any atom is -0.461 e. The lowest BCUT2D eigenvalue weighted by atomic mass is 10.2. The Balaban J connectivity index is 1.37. The SMILES string of the molecule is Fc1ccc(-c2nc(CSc3nnc(-c4ccco4)n3Cc3ccccc3)co2)cc1. The summed E-state index contributed by atoms with van der Waals surface area (Å²) in [7, 11) is 0. The van der Waals surface area contributed by atoms with Gasteiger partial charge in [0.15, 0.2) is 10.9 Å². The normalized spacial score (nSPS) is 11.1. The Hall–Kier alpha value is -3.65. The second-order valence-electron chi connectivity index (χ2n) is 6.79. The number of aromatic nitrogens is 4. The summed E-state index contributed by atoms with van der Waals surface area (Å²) >= 11 is 1.51. The Kier molecular flexibility index (Phi) is 5.37. The molecule has 6 nitrogen and oxygen atoms in total. The van der Waals surface area contributed by atoms with Gasteiger partial charge in [-0.25, -0.2) is 9.37 Å². The molecule has 0 saturated carbocycles. The molecule has 3 heterocycles. The molecule has 0 spiro atoms. The van der Waals surface area contributed by atoms with Crippen LogP contribution in [0.3, 0.4) is 0 Å². The fraction of sp³-hybridized carbons (Fsp3) is 0.0870. The maximum absolute atomic E-state index is 13.1. The Morgan fingerprint density at radius 2 is 1.74 bits per heavy atom. The van der Waals surface area contributed by atoms with E-state index in [2.05, 4.69) is 27.3 Å². The van der Waals surface area contributed by atoms with Crippen molar-refractivity contribution in [3.8, 4) is 23.0 Å². The molecular formula is C23H17FN4O2S. The zero-order valence-corrected chi connectivity index (χ0v) is 17.1. The van der Waals surface area contributed by atoms with Gasteiger partial charge in [-0.05, 0) is 42.0 Å². The average Bonchev–Trinajstić information content (AvgIpc) is 3.55. The van der Waals surface area contributed by atoms with Gasteiger partial charge in [0, 0.05) is 11.3 Å². The van der Waals surface area contributed by atoms with Crippen LogP contribution >= 0.6 is 11.8 Å². The maximum Gasteiger partial charge on any atom is 0.226 e. The summed E-state index contributed by atoms with van der Waals surface area (Å²) in [6.45, 7) is 0.617. The third-order valence-corrected chi connectivity index (χ3v) is 5.63. The minimum absolute atomic E-state index is 0.295. The first kappa shape index (κ1) is 19.3. The minimum atomic E-state index is -0.295. The molecule has 5 rings (SSSR count). The summed E-state index contributed by atoms with van der Waals surface area (Å²) in [5.74, 6) is 2.04. The van der Waals surface area contributed by atoms with Crippen molar-refractivity contribution in [2.45, 2.75) is 17.5 Å². The van der Waals surface area contributed by atoms with Crippen LogP contribution in [-0.2, 0) is 12.3 Å². The molecule has 0 unspecified atom stereocenters. The van der Waals surface area contributed by atoms with Crippen LogP contribution in [0.25, 0.3) is 23.0 Å². The quantitative estimate of drug-likeness (QED) is 0.309. The van der Waals surface area contributed by atoms with Gasteiger partial charge in [0.2, 0.25) is 11.7 Å². The predicted octanol–water partition coefficient (Wildman–Crippen LogP) is 5.67. The molecule has 3 aromatic heterocycles. The topological polar surface area (TPSA) is 69.9 Å². The van der Waals surface area contributed by atoms with Crippen LogP contribution in [0.15, 0.2) is 93.2 Å². The van der Waals surface area contributed by atoms with Gasteiger partial charge in [-0.3, -0.25) is 4.57 Å². The Labute approximate surface area is 181 Å². The van der Waals surface area contributed by atoms with Crippen LogP contribution in [0, 0.1) is 5.82 Å². The molecule has 0 aliphatic heterocycles. The van der Waals surface area contributed by atoms with Gasteiger partial charge in [0.1, 0.15) is 12.1 Å². The number of nitrogens with zero attached hydrogens (tertiary/aromatic N) is 4. The first-order valence-corrected chi connectivity index (χ1v) is 10.6. The molecule has 0 atom stereocenters. The molecule has 31 heavy (non-hydrogen) atoms. The Bertz CT molecular complexity index is 1260. The molecule has 2 aromatic carbocycles. The molecule has 0 N–H and O–H groups in total. The summed E-state index contributed by atoms with van der Waals surface area (Å²) in [5, 5.41) is 9.47. The number of hydrogen-bond acceptors (Lipinski definition) is 6. The van der Waals surface area contributed by atoms with E-state index in [4.69, 9.17) is 8.83 Å². The molecule has 5 aromatic rings. The smallest absolute Gasteiger partial charge is 0.226 e. The highest BCUT2D eigenvalue weighted by atomic mass is 32.2. The monoisotopic (exact) mass is 432 g/mol. The second-order valence-corrected chi connectivity index (χ2v) is 7.74. The van der Waals surface area contributed by atoms with Gasteiger partial charge < -0.3 is 8.83 Å². The summed E-state index contributed by atoms with van der Waals surface area (Å²) in [5.41, 5.74) is 2.63. The van der Waals surface area contributed by atoms with E-state index in [1.54, 1.807) is 24.7 Å². The third-order valence-electron chi connectivity index (χ3n) is 4.63. The van der Waals surface area contributed by atoms with E-state index in [0.29, 0.717) is 29.8 Å². The fourth-order valence-corrected chi connectivity index (χ4v) is 3.94. The number of halogens is 1. The van der Waals surface area contributed by atoms with E-state index < -0.39 is 0 Å². The third kappa shape index (κ3) is 4.29. The second kappa shape index (κ2) is 8.61. The molecule has 0 amide bonds. The van der Waals surface area contributed by atoms with E-state index in [0.717, 1.165) is 22.0 Å². The van der Waals surface area contributed by atoms with Crippen LogP contribution in [0.1, 0.15) is 11.3 Å². The average molecular weight is 432 g/mol. The Morgan fingerprint density at radius 1 is 0.903 bits per heavy atom. The number of rotatable bonds is 7. The lowest BCUT2D eigenvalue weighted by molar-refractivity contribution is 0.569. The van der Waals surface area contributed by atoms with E-state index >= 15 is 0 Å². The molecule has 0 bridgehead atoms. The molecule has 8 heteroatoms. The van der Waals surface area contributed by atoms with Crippen LogP contribution in [0.4, 0.5) is 4.39 Å². The molecule has 0 fully saturated rings.